The smallest absolute Gasteiger partial charge is 0.325 e. The van der Waals surface area contributed by atoms with Gasteiger partial charge in [0.1, 0.15) is 0 Å². The summed E-state index contributed by atoms with van der Waals surface area (Å²) >= 11 is 0. The highest BCUT2D eigenvalue weighted by molar-refractivity contribution is 7.88. The number of halogens is 3. The van der Waals surface area contributed by atoms with Crippen LogP contribution in [-0.2, 0) is 16.2 Å². The van der Waals surface area contributed by atoms with Gasteiger partial charge in [0.05, 0.1) is 18.0 Å². The number of amides is 1. The molecule has 0 saturated carbocycles. The SMILES string of the molecule is CN(CCN(C)S(C)(=O)=O)C(=O)n1cc(C(F)(F)F)cn1. The fraction of sp³-hybridized carbons (Fsp3) is 0.600. The lowest BCUT2D eigenvalue weighted by Crippen LogP contribution is -2.38. The van der Waals surface area contributed by atoms with Gasteiger partial charge in [-0.1, -0.05) is 0 Å². The zero-order chi connectivity index (χ0) is 16.4. The van der Waals surface area contributed by atoms with Crippen molar-refractivity contribution in [3.8, 4) is 0 Å². The van der Waals surface area contributed by atoms with Gasteiger partial charge in [0.15, 0.2) is 0 Å². The van der Waals surface area contributed by atoms with Crippen molar-refractivity contribution >= 4 is 16.1 Å². The van der Waals surface area contributed by atoms with E-state index in [4.69, 9.17) is 0 Å². The molecule has 0 aliphatic rings. The van der Waals surface area contributed by atoms with Crippen molar-refractivity contribution < 1.29 is 26.4 Å². The van der Waals surface area contributed by atoms with Gasteiger partial charge in [0, 0.05) is 33.4 Å². The zero-order valence-corrected chi connectivity index (χ0v) is 12.4. The molecule has 0 atom stereocenters. The highest BCUT2D eigenvalue weighted by Gasteiger charge is 2.33. The van der Waals surface area contributed by atoms with Crippen LogP contribution in [-0.4, -0.2) is 66.9 Å². The van der Waals surface area contributed by atoms with Crippen molar-refractivity contribution in [2.45, 2.75) is 6.18 Å². The lowest BCUT2D eigenvalue weighted by molar-refractivity contribution is -0.137. The second-order valence-corrected chi connectivity index (χ2v) is 6.55. The molecule has 1 heterocycles. The van der Waals surface area contributed by atoms with E-state index in [2.05, 4.69) is 5.10 Å². The molecular weight excluding hydrogens is 313 g/mol. The highest BCUT2D eigenvalue weighted by Crippen LogP contribution is 2.28. The summed E-state index contributed by atoms with van der Waals surface area (Å²) in [6.45, 7) is 0.0398. The van der Waals surface area contributed by atoms with Crippen molar-refractivity contribution in [1.29, 1.82) is 0 Å². The van der Waals surface area contributed by atoms with Gasteiger partial charge in [0.2, 0.25) is 10.0 Å². The van der Waals surface area contributed by atoms with Crippen molar-refractivity contribution in [2.75, 3.05) is 33.4 Å². The van der Waals surface area contributed by atoms with Crippen LogP contribution in [0.25, 0.3) is 0 Å². The largest absolute Gasteiger partial charge is 0.419 e. The normalized spacial score (nSPS) is 12.7. The predicted octanol–water partition coefficient (Wildman–Crippen LogP) is 0.693. The molecule has 7 nitrogen and oxygen atoms in total. The van der Waals surface area contributed by atoms with Crippen molar-refractivity contribution in [3.63, 3.8) is 0 Å². The molecule has 0 N–H and O–H groups in total. The van der Waals surface area contributed by atoms with Crippen LogP contribution in [0.2, 0.25) is 0 Å². The maximum absolute atomic E-state index is 12.4. The summed E-state index contributed by atoms with van der Waals surface area (Å²) in [6, 6.07) is -0.785. The minimum absolute atomic E-state index is 0.0175. The molecule has 0 aromatic carbocycles. The van der Waals surface area contributed by atoms with Crippen molar-refractivity contribution in [3.05, 3.63) is 18.0 Å². The molecule has 0 radical (unpaired) electrons. The number of hydrogen-bond acceptors (Lipinski definition) is 4. The molecule has 0 spiro atoms. The molecule has 11 heteroatoms. The number of alkyl halides is 3. The molecule has 1 rings (SSSR count). The minimum atomic E-state index is -4.58. The first-order valence-electron chi connectivity index (χ1n) is 5.71. The van der Waals surface area contributed by atoms with Gasteiger partial charge in [0.25, 0.3) is 0 Å². The Bertz CT molecular complexity index is 611. The Morgan fingerprint density at radius 2 is 1.90 bits per heavy atom. The number of rotatable bonds is 4. The van der Waals surface area contributed by atoms with E-state index < -0.39 is 27.8 Å². The third-order valence-electron chi connectivity index (χ3n) is 2.75. The topological polar surface area (TPSA) is 75.5 Å². The molecular formula is C10H15F3N4O3S. The molecule has 1 aromatic rings. The Balaban J connectivity index is 2.69. The van der Waals surface area contributed by atoms with Crippen LogP contribution in [0.3, 0.4) is 0 Å². The summed E-state index contributed by atoms with van der Waals surface area (Å²) in [4.78, 5) is 12.9. The average Bonchev–Trinajstić information content (AvgIpc) is 2.82. The van der Waals surface area contributed by atoms with Crippen LogP contribution in [0.1, 0.15) is 5.56 Å². The quantitative estimate of drug-likeness (QED) is 0.815. The van der Waals surface area contributed by atoms with E-state index in [9.17, 15) is 26.4 Å². The molecule has 0 aliphatic heterocycles. The van der Waals surface area contributed by atoms with Crippen LogP contribution in [0.15, 0.2) is 12.4 Å². The maximum Gasteiger partial charge on any atom is 0.419 e. The van der Waals surface area contributed by atoms with Crippen LogP contribution in [0.5, 0.6) is 0 Å². The predicted molar refractivity (Wildman–Crippen MR) is 68.1 cm³/mol. The fourth-order valence-corrected chi connectivity index (χ4v) is 1.71. The van der Waals surface area contributed by atoms with Gasteiger partial charge in [-0.25, -0.2) is 17.5 Å². The third-order valence-corrected chi connectivity index (χ3v) is 4.06. The zero-order valence-electron chi connectivity index (χ0n) is 11.6. The Kier molecular flexibility index (Phi) is 4.99. The van der Waals surface area contributed by atoms with E-state index in [0.717, 1.165) is 15.5 Å². The molecule has 0 aliphatic carbocycles. The Hall–Kier alpha value is -1.62. The Labute approximate surface area is 120 Å². The first-order valence-corrected chi connectivity index (χ1v) is 7.56. The van der Waals surface area contributed by atoms with Gasteiger partial charge in [-0.2, -0.15) is 23.0 Å². The summed E-state index contributed by atoms with van der Waals surface area (Å²) in [5.41, 5.74) is -1.03. The monoisotopic (exact) mass is 328 g/mol. The van der Waals surface area contributed by atoms with Gasteiger partial charge >= 0.3 is 12.2 Å². The van der Waals surface area contributed by atoms with Crippen LogP contribution < -0.4 is 0 Å². The van der Waals surface area contributed by atoms with Crippen LogP contribution in [0, 0.1) is 0 Å². The number of carbonyl (C=O) groups is 1. The number of aromatic nitrogens is 2. The van der Waals surface area contributed by atoms with Gasteiger partial charge in [-0.3, -0.25) is 0 Å². The van der Waals surface area contributed by atoms with E-state index in [1.807, 2.05) is 0 Å². The molecule has 0 bridgehead atoms. The number of sulfonamides is 1. The van der Waals surface area contributed by atoms with Crippen molar-refractivity contribution in [1.82, 2.24) is 19.0 Å². The van der Waals surface area contributed by atoms with Gasteiger partial charge in [-0.05, 0) is 0 Å². The fourth-order valence-electron chi connectivity index (χ4n) is 1.30. The molecule has 0 fully saturated rings. The van der Waals surface area contributed by atoms with Gasteiger partial charge in [-0.15, -0.1) is 0 Å². The van der Waals surface area contributed by atoms with E-state index >= 15 is 0 Å². The van der Waals surface area contributed by atoms with E-state index in [-0.39, 0.29) is 13.1 Å². The first kappa shape index (κ1) is 17.4. The number of hydrogen-bond donors (Lipinski definition) is 0. The highest BCUT2D eigenvalue weighted by atomic mass is 32.2. The molecule has 1 amide bonds. The summed E-state index contributed by atoms with van der Waals surface area (Å²) in [5.74, 6) is 0. The standard InChI is InChI=1S/C10H15F3N4O3S/c1-15(4-5-16(2)21(3,19)20)9(18)17-7-8(6-14-17)10(11,12)13/h6-7H,4-5H2,1-3H3. The second kappa shape index (κ2) is 6.02. The first-order chi connectivity index (χ1) is 9.43. The van der Waals surface area contributed by atoms with E-state index in [1.165, 1.54) is 14.1 Å². The average molecular weight is 328 g/mol. The molecule has 1 aromatic heterocycles. The van der Waals surface area contributed by atoms with E-state index in [1.54, 1.807) is 0 Å². The summed E-state index contributed by atoms with van der Waals surface area (Å²) in [5, 5.41) is 3.35. The lowest BCUT2D eigenvalue weighted by Gasteiger charge is -2.20. The van der Waals surface area contributed by atoms with Crippen molar-refractivity contribution in [2.24, 2.45) is 0 Å². The second-order valence-electron chi connectivity index (χ2n) is 4.46. The Morgan fingerprint density at radius 1 is 1.33 bits per heavy atom. The van der Waals surface area contributed by atoms with Crippen LogP contribution in [0.4, 0.5) is 18.0 Å². The maximum atomic E-state index is 12.4. The summed E-state index contributed by atoms with van der Waals surface area (Å²) in [6.07, 6.45) is -2.43. The van der Waals surface area contributed by atoms with Gasteiger partial charge < -0.3 is 4.90 Å². The number of carbonyl (C=O) groups excluding carboxylic acids is 1. The molecule has 21 heavy (non-hydrogen) atoms. The minimum Gasteiger partial charge on any atom is -0.325 e. The number of nitrogens with zero attached hydrogens (tertiary/aromatic N) is 4. The summed E-state index contributed by atoms with van der Waals surface area (Å²) < 4.78 is 61.1. The Morgan fingerprint density at radius 3 is 2.33 bits per heavy atom. The summed E-state index contributed by atoms with van der Waals surface area (Å²) in [7, 11) is -0.703. The number of likely N-dealkylation sites (N-methyl/N-ethyl adjacent to an activating group) is 2. The third kappa shape index (κ3) is 4.70. The molecule has 0 saturated heterocycles. The van der Waals surface area contributed by atoms with Crippen LogP contribution >= 0.6 is 0 Å². The molecule has 0 unspecified atom stereocenters. The van der Waals surface area contributed by atoms with E-state index in [0.29, 0.717) is 17.1 Å². The lowest BCUT2D eigenvalue weighted by atomic mass is 10.4. The molecule has 120 valence electrons.